The molecule has 0 N–H and O–H groups in total. The van der Waals surface area contributed by atoms with Gasteiger partial charge in [-0.15, -0.1) is 0 Å². The van der Waals surface area contributed by atoms with E-state index in [1.807, 2.05) is 0 Å². The first-order valence-corrected chi connectivity index (χ1v) is 9.57. The van der Waals surface area contributed by atoms with Gasteiger partial charge < -0.3 is 24.0 Å². The summed E-state index contributed by atoms with van der Waals surface area (Å²) < 4.78 is 16.1. The lowest BCUT2D eigenvalue weighted by Crippen LogP contribution is -2.50. The van der Waals surface area contributed by atoms with Crippen molar-refractivity contribution in [2.45, 2.75) is 25.9 Å². The van der Waals surface area contributed by atoms with Crippen molar-refractivity contribution in [3.8, 4) is 5.88 Å². The van der Waals surface area contributed by atoms with Crippen molar-refractivity contribution in [2.75, 3.05) is 46.0 Å². The molecule has 2 saturated heterocycles. The second-order valence-corrected chi connectivity index (χ2v) is 6.83. The second kappa shape index (κ2) is 9.23. The van der Waals surface area contributed by atoms with Crippen LogP contribution in [-0.4, -0.2) is 78.9 Å². The average Bonchev–Trinajstić information content (AvgIpc) is 2.70. The van der Waals surface area contributed by atoms with Crippen molar-refractivity contribution >= 4 is 23.6 Å². The summed E-state index contributed by atoms with van der Waals surface area (Å²) in [5.74, 6) is 0.178. The van der Waals surface area contributed by atoms with Crippen LogP contribution in [-0.2, 0) is 9.47 Å². The predicted molar refractivity (Wildman–Crippen MR) is 98.2 cm³/mol. The molecule has 3 heterocycles. The molecular weight excluding hydrogens is 374 g/mol. The number of nitrogens with zero attached hydrogens (tertiary/aromatic N) is 3. The number of ether oxygens (including phenoxy) is 3. The molecule has 0 radical (unpaired) electrons. The SMILES string of the molecule is CCOC(=O)N1CCN(C(=O)c2cnc(OC3CCOCC3)c(Cl)c2)CC1. The second-order valence-electron chi connectivity index (χ2n) is 6.42. The summed E-state index contributed by atoms with van der Waals surface area (Å²) in [6.45, 7) is 5.19. The summed E-state index contributed by atoms with van der Waals surface area (Å²) in [6, 6.07) is 1.59. The Labute approximate surface area is 163 Å². The molecule has 2 fully saturated rings. The summed E-state index contributed by atoms with van der Waals surface area (Å²) in [6.07, 6.45) is 2.76. The van der Waals surface area contributed by atoms with Crippen molar-refractivity contribution in [1.29, 1.82) is 0 Å². The van der Waals surface area contributed by atoms with E-state index in [2.05, 4.69) is 4.98 Å². The maximum Gasteiger partial charge on any atom is 0.409 e. The molecule has 0 atom stereocenters. The van der Waals surface area contributed by atoms with Gasteiger partial charge in [0, 0.05) is 45.2 Å². The summed E-state index contributed by atoms with van der Waals surface area (Å²) in [5, 5.41) is 0.317. The highest BCUT2D eigenvalue weighted by atomic mass is 35.5. The zero-order chi connectivity index (χ0) is 19.2. The summed E-state index contributed by atoms with van der Waals surface area (Å²) in [7, 11) is 0. The summed E-state index contributed by atoms with van der Waals surface area (Å²) >= 11 is 6.27. The van der Waals surface area contributed by atoms with Gasteiger partial charge >= 0.3 is 6.09 Å². The monoisotopic (exact) mass is 397 g/mol. The Morgan fingerprint density at radius 3 is 2.52 bits per heavy atom. The maximum atomic E-state index is 12.7. The van der Waals surface area contributed by atoms with Gasteiger partial charge in [-0.1, -0.05) is 11.6 Å². The van der Waals surface area contributed by atoms with Gasteiger partial charge in [0.1, 0.15) is 11.1 Å². The van der Waals surface area contributed by atoms with Crippen molar-refractivity contribution in [3.05, 3.63) is 22.8 Å². The zero-order valence-electron chi connectivity index (χ0n) is 15.4. The molecule has 1 aromatic heterocycles. The van der Waals surface area contributed by atoms with E-state index in [-0.39, 0.29) is 18.1 Å². The largest absolute Gasteiger partial charge is 0.473 e. The van der Waals surface area contributed by atoms with Gasteiger partial charge in [0.05, 0.1) is 25.4 Å². The number of amides is 2. The Morgan fingerprint density at radius 2 is 1.89 bits per heavy atom. The lowest BCUT2D eigenvalue weighted by molar-refractivity contribution is 0.0237. The van der Waals surface area contributed by atoms with Crippen molar-refractivity contribution in [2.24, 2.45) is 0 Å². The van der Waals surface area contributed by atoms with Crippen molar-refractivity contribution in [3.63, 3.8) is 0 Å². The number of hydrogen-bond donors (Lipinski definition) is 0. The highest BCUT2D eigenvalue weighted by Crippen LogP contribution is 2.26. The molecule has 0 aromatic carbocycles. The van der Waals surface area contributed by atoms with Crippen molar-refractivity contribution < 1.29 is 23.8 Å². The number of rotatable bonds is 4. The van der Waals surface area contributed by atoms with Crippen LogP contribution in [0, 0.1) is 0 Å². The van der Waals surface area contributed by atoms with E-state index in [1.165, 1.54) is 6.20 Å². The third kappa shape index (κ3) is 5.01. The minimum atomic E-state index is -0.344. The average molecular weight is 398 g/mol. The Hall–Kier alpha value is -2.06. The fourth-order valence-corrected chi connectivity index (χ4v) is 3.28. The minimum Gasteiger partial charge on any atom is -0.473 e. The topological polar surface area (TPSA) is 81.2 Å². The Bertz CT molecular complexity index is 673. The standard InChI is InChI=1S/C18H24ClN3O5/c1-2-26-18(24)22-7-5-21(6-8-22)17(23)13-11-15(19)16(20-12-13)27-14-3-9-25-10-4-14/h11-12,14H,2-10H2,1H3. The van der Waals surface area contributed by atoms with E-state index in [0.717, 1.165) is 12.8 Å². The van der Waals surface area contributed by atoms with E-state index >= 15 is 0 Å². The lowest BCUT2D eigenvalue weighted by atomic mass is 10.1. The molecular formula is C18H24ClN3O5. The van der Waals surface area contributed by atoms with Gasteiger partial charge in [-0.3, -0.25) is 4.79 Å². The summed E-state index contributed by atoms with van der Waals surface area (Å²) in [4.78, 5) is 31.9. The quantitative estimate of drug-likeness (QED) is 0.774. The zero-order valence-corrected chi connectivity index (χ0v) is 16.1. The minimum absolute atomic E-state index is 0.0289. The molecule has 148 valence electrons. The van der Waals surface area contributed by atoms with Crippen LogP contribution in [0.3, 0.4) is 0 Å². The van der Waals surface area contributed by atoms with Crippen molar-refractivity contribution in [1.82, 2.24) is 14.8 Å². The first-order valence-electron chi connectivity index (χ1n) is 9.19. The first-order chi connectivity index (χ1) is 13.1. The number of carbonyl (C=O) groups is 2. The Kier molecular flexibility index (Phi) is 6.73. The molecule has 0 unspecified atom stereocenters. The molecule has 1 aromatic rings. The fourth-order valence-electron chi connectivity index (χ4n) is 3.07. The first kappa shape index (κ1) is 19.7. The highest BCUT2D eigenvalue weighted by Gasteiger charge is 2.26. The molecule has 8 nitrogen and oxygen atoms in total. The molecule has 2 aliphatic heterocycles. The van der Waals surface area contributed by atoms with Gasteiger partial charge in [0.25, 0.3) is 5.91 Å². The van der Waals surface area contributed by atoms with E-state index < -0.39 is 0 Å². The van der Waals surface area contributed by atoms with Crippen LogP contribution < -0.4 is 4.74 Å². The third-order valence-corrected chi connectivity index (χ3v) is 4.86. The number of aromatic nitrogens is 1. The van der Waals surface area contributed by atoms with E-state index in [9.17, 15) is 9.59 Å². The third-order valence-electron chi connectivity index (χ3n) is 4.59. The Morgan fingerprint density at radius 1 is 1.22 bits per heavy atom. The highest BCUT2D eigenvalue weighted by molar-refractivity contribution is 6.32. The van der Waals surface area contributed by atoms with Crippen LogP contribution in [0.2, 0.25) is 5.02 Å². The summed E-state index contributed by atoms with van der Waals surface area (Å²) in [5.41, 5.74) is 0.406. The number of piperazine rings is 1. The van der Waals surface area contributed by atoms with Gasteiger partial charge in [-0.2, -0.15) is 0 Å². The van der Waals surface area contributed by atoms with Gasteiger partial charge in [0.2, 0.25) is 5.88 Å². The van der Waals surface area contributed by atoms with E-state index in [0.29, 0.717) is 62.5 Å². The number of pyridine rings is 1. The molecule has 2 aliphatic rings. The van der Waals surface area contributed by atoms with Crippen LogP contribution in [0.25, 0.3) is 0 Å². The number of hydrogen-bond acceptors (Lipinski definition) is 6. The molecule has 9 heteroatoms. The fraction of sp³-hybridized carbons (Fsp3) is 0.611. The van der Waals surface area contributed by atoms with Gasteiger partial charge in [-0.05, 0) is 13.0 Å². The lowest BCUT2D eigenvalue weighted by Gasteiger charge is -2.34. The molecule has 0 aliphatic carbocycles. The molecule has 0 spiro atoms. The Balaban J connectivity index is 1.57. The molecule has 2 amide bonds. The van der Waals surface area contributed by atoms with Crippen LogP contribution in [0.1, 0.15) is 30.1 Å². The molecule has 27 heavy (non-hydrogen) atoms. The van der Waals surface area contributed by atoms with Crippen LogP contribution >= 0.6 is 11.6 Å². The van der Waals surface area contributed by atoms with Crippen LogP contribution in [0.4, 0.5) is 4.79 Å². The molecule has 3 rings (SSSR count). The van der Waals surface area contributed by atoms with E-state index in [4.69, 9.17) is 25.8 Å². The van der Waals surface area contributed by atoms with Crippen LogP contribution in [0.15, 0.2) is 12.3 Å². The molecule has 0 bridgehead atoms. The van der Waals surface area contributed by atoms with Gasteiger partial charge in [0.15, 0.2) is 0 Å². The number of carbonyl (C=O) groups excluding carboxylic acids is 2. The van der Waals surface area contributed by atoms with Gasteiger partial charge in [-0.25, -0.2) is 9.78 Å². The smallest absolute Gasteiger partial charge is 0.409 e. The number of halogens is 1. The predicted octanol–water partition coefficient (Wildman–Crippen LogP) is 2.21. The maximum absolute atomic E-state index is 12.7. The van der Waals surface area contributed by atoms with Crippen LogP contribution in [0.5, 0.6) is 5.88 Å². The molecule has 0 saturated carbocycles. The van der Waals surface area contributed by atoms with E-state index in [1.54, 1.807) is 22.8 Å². The normalized spacial score (nSPS) is 18.3.